The van der Waals surface area contributed by atoms with Crippen molar-refractivity contribution >= 4 is 21.9 Å². The summed E-state index contributed by atoms with van der Waals surface area (Å²) in [6, 6.07) is 3.80. The van der Waals surface area contributed by atoms with Gasteiger partial charge in [-0.05, 0) is 94.2 Å². The molecule has 7 atom stereocenters. The van der Waals surface area contributed by atoms with E-state index in [4.69, 9.17) is 4.74 Å². The van der Waals surface area contributed by atoms with Crippen LogP contribution >= 0.6 is 0 Å². The van der Waals surface area contributed by atoms with E-state index in [-0.39, 0.29) is 35.3 Å². The Labute approximate surface area is 226 Å². The van der Waals surface area contributed by atoms with E-state index < -0.39 is 44.2 Å². The number of ether oxygens (including phenoxy) is 1. The van der Waals surface area contributed by atoms with Crippen LogP contribution in [0.5, 0.6) is 0 Å². The molecule has 216 valence electrons. The van der Waals surface area contributed by atoms with Crippen molar-refractivity contribution in [1.82, 2.24) is 9.62 Å². The van der Waals surface area contributed by atoms with E-state index >= 15 is 0 Å². The number of alkyl halides is 3. The molecular formula is C27H35F3N2O6S. The molecule has 0 spiro atoms. The molecule has 5 fully saturated rings. The summed E-state index contributed by atoms with van der Waals surface area (Å²) < 4.78 is 73.1. The van der Waals surface area contributed by atoms with Crippen molar-refractivity contribution in [2.24, 2.45) is 23.2 Å². The summed E-state index contributed by atoms with van der Waals surface area (Å²) in [4.78, 5) is 26.1. The Balaban J connectivity index is 1.35. The van der Waals surface area contributed by atoms with Crippen LogP contribution in [0.15, 0.2) is 29.2 Å². The van der Waals surface area contributed by atoms with Crippen LogP contribution in [0.3, 0.4) is 0 Å². The normalized spacial score (nSPS) is 36.0. The molecule has 0 radical (unpaired) electrons. The number of aliphatic hydroxyl groups is 1. The highest BCUT2D eigenvalue weighted by atomic mass is 32.2. The minimum absolute atomic E-state index is 0.0965. The van der Waals surface area contributed by atoms with Crippen LogP contribution in [-0.2, 0) is 30.0 Å². The van der Waals surface area contributed by atoms with Crippen LogP contribution in [-0.4, -0.2) is 61.1 Å². The third-order valence-corrected chi connectivity index (χ3v) is 11.8. The Morgan fingerprint density at radius 1 is 1.10 bits per heavy atom. The van der Waals surface area contributed by atoms with Crippen LogP contribution in [0.25, 0.3) is 0 Å². The third-order valence-electron chi connectivity index (χ3n) is 9.81. The number of halogens is 3. The van der Waals surface area contributed by atoms with E-state index in [9.17, 15) is 36.3 Å². The summed E-state index contributed by atoms with van der Waals surface area (Å²) in [7, 11) is -2.82. The maximum absolute atomic E-state index is 13.7. The average Bonchev–Trinajstić information content (AvgIpc) is 3.28. The lowest BCUT2D eigenvalue weighted by molar-refractivity contribution is -0.258. The van der Waals surface area contributed by atoms with Crippen molar-refractivity contribution in [3.05, 3.63) is 29.8 Å². The summed E-state index contributed by atoms with van der Waals surface area (Å²) in [5.41, 5.74) is -5.49. The highest BCUT2D eigenvalue weighted by molar-refractivity contribution is 7.89. The smallest absolute Gasteiger partial charge is 0.421 e. The molecule has 4 bridgehead atoms. The summed E-state index contributed by atoms with van der Waals surface area (Å²) in [5.74, 6) is 0.0562. The minimum Gasteiger partial charge on any atom is -0.469 e. The number of nitrogens with one attached hydrogen (secondary N) is 1. The average molecular weight is 573 g/mol. The lowest BCUT2D eigenvalue weighted by atomic mass is 9.48. The van der Waals surface area contributed by atoms with Crippen molar-refractivity contribution in [1.29, 1.82) is 0 Å². The van der Waals surface area contributed by atoms with E-state index in [0.29, 0.717) is 38.5 Å². The summed E-state index contributed by atoms with van der Waals surface area (Å²) in [5, 5.41) is 13.1. The number of esters is 1. The number of carbonyl (C=O) groups is 2. The largest absolute Gasteiger partial charge is 0.469 e. The van der Waals surface area contributed by atoms with E-state index in [1.54, 1.807) is 6.92 Å². The number of rotatable bonds is 6. The van der Waals surface area contributed by atoms with E-state index in [1.807, 2.05) is 0 Å². The topological polar surface area (TPSA) is 113 Å². The van der Waals surface area contributed by atoms with Gasteiger partial charge in [0.2, 0.25) is 15.9 Å². The van der Waals surface area contributed by atoms with Gasteiger partial charge in [-0.25, -0.2) is 8.42 Å². The number of hydrogen-bond donors (Lipinski definition) is 2. The highest BCUT2D eigenvalue weighted by Gasteiger charge is 2.60. The van der Waals surface area contributed by atoms with Crippen molar-refractivity contribution < 1.29 is 41.0 Å². The van der Waals surface area contributed by atoms with Gasteiger partial charge in [0, 0.05) is 12.6 Å². The van der Waals surface area contributed by atoms with E-state index in [0.717, 1.165) is 47.8 Å². The van der Waals surface area contributed by atoms with Crippen LogP contribution in [0, 0.1) is 23.2 Å². The molecule has 8 nitrogen and oxygen atoms in total. The predicted molar refractivity (Wildman–Crippen MR) is 134 cm³/mol. The van der Waals surface area contributed by atoms with Gasteiger partial charge in [0.15, 0.2) is 5.60 Å². The Morgan fingerprint density at radius 3 is 2.23 bits per heavy atom. The van der Waals surface area contributed by atoms with Crippen LogP contribution < -0.4 is 5.32 Å². The Morgan fingerprint density at radius 2 is 1.69 bits per heavy atom. The zero-order chi connectivity index (χ0) is 28.6. The molecule has 1 saturated heterocycles. The maximum atomic E-state index is 13.7. The first-order valence-corrected chi connectivity index (χ1v) is 14.8. The molecule has 0 aromatic heterocycles. The van der Waals surface area contributed by atoms with Gasteiger partial charge in [-0.2, -0.15) is 17.5 Å². The van der Waals surface area contributed by atoms with Gasteiger partial charge in [0.1, 0.15) is 5.54 Å². The second kappa shape index (κ2) is 9.17. The fraction of sp³-hybridized carbons (Fsp3) is 0.704. The quantitative estimate of drug-likeness (QED) is 0.505. The molecule has 4 aliphatic carbocycles. The molecule has 39 heavy (non-hydrogen) atoms. The molecule has 1 aromatic carbocycles. The van der Waals surface area contributed by atoms with Crippen molar-refractivity contribution in [2.75, 3.05) is 13.7 Å². The van der Waals surface area contributed by atoms with Gasteiger partial charge in [0.25, 0.3) is 0 Å². The van der Waals surface area contributed by atoms with E-state index in [2.05, 4.69) is 5.32 Å². The maximum Gasteiger partial charge on any atom is 0.421 e. The van der Waals surface area contributed by atoms with Crippen LogP contribution in [0.2, 0.25) is 0 Å². The van der Waals surface area contributed by atoms with Crippen molar-refractivity contribution in [3.63, 3.8) is 0 Å². The van der Waals surface area contributed by atoms with Crippen molar-refractivity contribution in [3.8, 4) is 0 Å². The molecule has 2 N–H and O–H groups in total. The molecular weight excluding hydrogens is 537 g/mol. The molecule has 1 amide bonds. The number of sulfonamides is 1. The van der Waals surface area contributed by atoms with Gasteiger partial charge in [-0.3, -0.25) is 9.59 Å². The summed E-state index contributed by atoms with van der Waals surface area (Å²) in [6.45, 7) is 2.29. The van der Waals surface area contributed by atoms with Crippen LogP contribution in [0.1, 0.15) is 64.4 Å². The van der Waals surface area contributed by atoms with Gasteiger partial charge in [-0.1, -0.05) is 12.1 Å². The monoisotopic (exact) mass is 572 g/mol. The lowest BCUT2D eigenvalue weighted by Gasteiger charge is -2.58. The Bertz CT molecular complexity index is 1250. The standard InChI is InChI=1S/C27H35F3N2O6S/c1-24(22(33)31-21-17-11-16-12-18(21)15-26(13-16,14-17)23(34)38-3)9-4-10-32(24)39(36,37)20-7-5-19(6-8-20)25(2,35)27(28,29)30/h5-8,16-18,21,35H,4,9-15H2,1-3H3,(H,31,33)/t16?,17-,18+,21?,24-,25?,26?/m1/s1. The number of amides is 1. The first-order chi connectivity index (χ1) is 18.0. The summed E-state index contributed by atoms with van der Waals surface area (Å²) >= 11 is 0. The number of nitrogens with zero attached hydrogens (tertiary/aromatic N) is 1. The Kier molecular flexibility index (Phi) is 6.67. The molecule has 4 saturated carbocycles. The molecule has 12 heteroatoms. The first-order valence-electron chi connectivity index (χ1n) is 13.4. The molecule has 1 aliphatic heterocycles. The fourth-order valence-corrected chi connectivity index (χ4v) is 9.63. The molecule has 1 heterocycles. The predicted octanol–water partition coefficient (Wildman–Crippen LogP) is 3.48. The van der Waals surface area contributed by atoms with Gasteiger partial charge >= 0.3 is 12.1 Å². The van der Waals surface area contributed by atoms with Crippen molar-refractivity contribution in [2.45, 2.75) is 87.0 Å². The third kappa shape index (κ3) is 4.37. The molecule has 4 unspecified atom stereocenters. The molecule has 5 aliphatic rings. The number of hydrogen-bond acceptors (Lipinski definition) is 6. The van der Waals surface area contributed by atoms with Crippen LogP contribution in [0.4, 0.5) is 13.2 Å². The minimum atomic E-state index is -4.94. The fourth-order valence-electron chi connectivity index (χ4n) is 7.83. The SMILES string of the molecule is COC(=O)C12CC3C[C@H](C1)C(NC(=O)[C@@]1(C)CCCN1S(=O)(=O)c1ccc(C(C)(O)C(F)(F)F)cc1)[C@@H](C3)C2. The summed E-state index contributed by atoms with van der Waals surface area (Å²) in [6.07, 6.45) is -0.263. The number of carbonyl (C=O) groups excluding carboxylic acids is 2. The highest BCUT2D eigenvalue weighted by Crippen LogP contribution is 2.60. The number of methoxy groups -OCH3 is 1. The van der Waals surface area contributed by atoms with E-state index in [1.165, 1.54) is 7.11 Å². The van der Waals surface area contributed by atoms with Gasteiger partial charge < -0.3 is 15.2 Å². The zero-order valence-electron chi connectivity index (χ0n) is 22.3. The second-order valence-corrected chi connectivity index (χ2v) is 14.2. The molecule has 6 rings (SSSR count). The number of benzene rings is 1. The zero-order valence-corrected chi connectivity index (χ0v) is 23.1. The Hall–Kier alpha value is -2.18. The second-order valence-electron chi connectivity index (χ2n) is 12.3. The van der Waals surface area contributed by atoms with Gasteiger partial charge in [0.05, 0.1) is 17.4 Å². The lowest BCUT2D eigenvalue weighted by Crippen LogP contribution is -2.64. The first kappa shape index (κ1) is 28.4. The molecule has 1 aromatic rings. The van der Waals surface area contributed by atoms with Gasteiger partial charge in [-0.15, -0.1) is 0 Å².